The first kappa shape index (κ1) is 13.9. The van der Waals surface area contributed by atoms with Crippen LogP contribution in [0.5, 0.6) is 0 Å². The molecule has 0 aromatic carbocycles. The second-order valence-corrected chi connectivity index (χ2v) is 4.93. The van der Waals surface area contributed by atoms with Crippen LogP contribution in [0.3, 0.4) is 0 Å². The Morgan fingerprint density at radius 1 is 1.19 bits per heavy atom. The molecule has 1 rings (SSSR count). The van der Waals surface area contributed by atoms with Crippen LogP contribution in [0.1, 0.15) is 59.3 Å². The van der Waals surface area contributed by atoms with Crippen LogP contribution < -0.4 is 11.3 Å². The quantitative estimate of drug-likeness (QED) is 0.520. The number of nitrogens with two attached hydrogens (primary N) is 1. The molecule has 16 heavy (non-hydrogen) atoms. The summed E-state index contributed by atoms with van der Waals surface area (Å²) in [5.41, 5.74) is 3.05. The molecule has 0 aromatic heterocycles. The molecule has 0 heterocycles. The van der Waals surface area contributed by atoms with Crippen LogP contribution in [0.15, 0.2) is 0 Å². The third-order valence-corrected chi connectivity index (χ3v) is 4.15. The minimum atomic E-state index is 0.000185. The smallest absolute Gasteiger partial charge is 0.0850 e. The molecular formula is C13H28N2O. The van der Waals surface area contributed by atoms with Crippen molar-refractivity contribution in [3.8, 4) is 0 Å². The van der Waals surface area contributed by atoms with Crippen LogP contribution in [0.4, 0.5) is 0 Å². The van der Waals surface area contributed by atoms with Crippen molar-refractivity contribution < 1.29 is 4.74 Å². The van der Waals surface area contributed by atoms with Gasteiger partial charge in [-0.2, -0.15) is 0 Å². The zero-order valence-corrected chi connectivity index (χ0v) is 11.1. The summed E-state index contributed by atoms with van der Waals surface area (Å²) in [4.78, 5) is 0. The van der Waals surface area contributed by atoms with Crippen molar-refractivity contribution in [2.24, 2.45) is 11.8 Å². The third-order valence-electron chi connectivity index (χ3n) is 4.15. The predicted molar refractivity (Wildman–Crippen MR) is 68.0 cm³/mol. The molecule has 0 saturated heterocycles. The molecule has 0 radical (unpaired) electrons. The first-order valence-corrected chi connectivity index (χ1v) is 6.84. The minimum absolute atomic E-state index is 0.000185. The van der Waals surface area contributed by atoms with Gasteiger partial charge < -0.3 is 4.74 Å². The molecule has 3 nitrogen and oxygen atoms in total. The molecule has 0 aromatic rings. The lowest BCUT2D eigenvalue weighted by atomic mass is 9.80. The van der Waals surface area contributed by atoms with E-state index < -0.39 is 0 Å². The number of hydrogen-bond acceptors (Lipinski definition) is 3. The van der Waals surface area contributed by atoms with E-state index in [1.165, 1.54) is 25.7 Å². The van der Waals surface area contributed by atoms with Gasteiger partial charge in [0.2, 0.25) is 0 Å². The molecule has 1 unspecified atom stereocenters. The third kappa shape index (κ3) is 2.76. The van der Waals surface area contributed by atoms with Gasteiger partial charge in [0.25, 0.3) is 0 Å². The second kappa shape index (κ2) is 6.58. The summed E-state index contributed by atoms with van der Waals surface area (Å²) >= 11 is 0. The molecule has 0 bridgehead atoms. The van der Waals surface area contributed by atoms with E-state index in [4.69, 9.17) is 10.6 Å². The van der Waals surface area contributed by atoms with E-state index in [1.54, 1.807) is 0 Å². The summed E-state index contributed by atoms with van der Waals surface area (Å²) in [7, 11) is 0. The fraction of sp³-hybridized carbons (Fsp3) is 1.00. The molecule has 0 aliphatic heterocycles. The topological polar surface area (TPSA) is 47.3 Å². The first-order valence-electron chi connectivity index (χ1n) is 6.84. The fourth-order valence-electron chi connectivity index (χ4n) is 3.28. The summed E-state index contributed by atoms with van der Waals surface area (Å²) in [6.45, 7) is 7.36. The monoisotopic (exact) mass is 228 g/mol. The lowest BCUT2D eigenvalue weighted by molar-refractivity contribution is -0.0763. The van der Waals surface area contributed by atoms with E-state index in [2.05, 4.69) is 26.2 Å². The summed E-state index contributed by atoms with van der Waals surface area (Å²) in [6.07, 6.45) is 7.20. The molecular weight excluding hydrogens is 200 g/mol. The van der Waals surface area contributed by atoms with Crippen LogP contribution in [-0.2, 0) is 4.74 Å². The molecule has 3 N–H and O–H groups in total. The Morgan fingerprint density at radius 3 is 2.12 bits per heavy atom. The van der Waals surface area contributed by atoms with Crippen LogP contribution in [0, 0.1) is 5.92 Å². The standard InChI is InChI=1S/C13H28N2O/c1-4-11(5-2)12(15-14)13(16-6-3)9-7-8-10-13/h11-12,15H,4-10,14H2,1-3H3. The highest BCUT2D eigenvalue weighted by Gasteiger charge is 2.44. The Bertz CT molecular complexity index is 186. The number of hydrazine groups is 1. The van der Waals surface area contributed by atoms with Crippen LogP contribution in [-0.4, -0.2) is 18.2 Å². The normalized spacial score (nSPS) is 21.6. The van der Waals surface area contributed by atoms with Crippen LogP contribution in [0.25, 0.3) is 0 Å². The summed E-state index contributed by atoms with van der Waals surface area (Å²) < 4.78 is 6.09. The number of hydrogen-bond donors (Lipinski definition) is 2. The van der Waals surface area contributed by atoms with Crippen LogP contribution >= 0.6 is 0 Å². The van der Waals surface area contributed by atoms with Gasteiger partial charge in [-0.3, -0.25) is 11.3 Å². The summed E-state index contributed by atoms with van der Waals surface area (Å²) in [5.74, 6) is 6.41. The Morgan fingerprint density at radius 2 is 1.75 bits per heavy atom. The van der Waals surface area contributed by atoms with Gasteiger partial charge in [0.15, 0.2) is 0 Å². The largest absolute Gasteiger partial charge is 0.374 e. The molecule has 1 atom stereocenters. The SMILES string of the molecule is CCOC1(C(NN)C(CC)CC)CCCC1. The van der Waals surface area contributed by atoms with E-state index in [1.807, 2.05) is 0 Å². The molecule has 96 valence electrons. The maximum absolute atomic E-state index is 6.09. The summed E-state index contributed by atoms with van der Waals surface area (Å²) in [5, 5.41) is 0. The Hall–Kier alpha value is -0.120. The predicted octanol–water partition coefficient (Wildman–Crippen LogP) is 2.60. The second-order valence-electron chi connectivity index (χ2n) is 4.93. The van der Waals surface area contributed by atoms with Crippen molar-refractivity contribution in [1.82, 2.24) is 5.43 Å². The van der Waals surface area contributed by atoms with Gasteiger partial charge in [0, 0.05) is 6.61 Å². The van der Waals surface area contributed by atoms with E-state index in [0.717, 1.165) is 19.4 Å². The molecule has 3 heteroatoms. The molecule has 0 spiro atoms. The lowest BCUT2D eigenvalue weighted by Crippen LogP contribution is -2.57. The molecule has 1 aliphatic rings. The van der Waals surface area contributed by atoms with Crippen molar-refractivity contribution in [2.45, 2.75) is 70.9 Å². The van der Waals surface area contributed by atoms with Gasteiger partial charge in [0.05, 0.1) is 11.6 Å². The van der Waals surface area contributed by atoms with Crippen molar-refractivity contribution >= 4 is 0 Å². The number of rotatable bonds is 7. The average molecular weight is 228 g/mol. The Labute approximate surface area is 100 Å². The van der Waals surface area contributed by atoms with Crippen molar-refractivity contribution in [2.75, 3.05) is 6.61 Å². The molecule has 1 aliphatic carbocycles. The van der Waals surface area contributed by atoms with Gasteiger partial charge in [-0.05, 0) is 25.7 Å². The van der Waals surface area contributed by atoms with Gasteiger partial charge in [0.1, 0.15) is 0 Å². The molecule has 0 amide bonds. The number of ether oxygens (including phenoxy) is 1. The highest BCUT2D eigenvalue weighted by molar-refractivity contribution is 4.98. The zero-order valence-electron chi connectivity index (χ0n) is 11.1. The van der Waals surface area contributed by atoms with Gasteiger partial charge in [-0.15, -0.1) is 0 Å². The Balaban J connectivity index is 2.80. The first-order chi connectivity index (χ1) is 7.74. The maximum Gasteiger partial charge on any atom is 0.0850 e. The Kier molecular flexibility index (Phi) is 5.73. The van der Waals surface area contributed by atoms with E-state index in [0.29, 0.717) is 12.0 Å². The average Bonchev–Trinajstić information content (AvgIpc) is 2.75. The van der Waals surface area contributed by atoms with E-state index in [-0.39, 0.29) is 5.60 Å². The van der Waals surface area contributed by atoms with E-state index in [9.17, 15) is 0 Å². The minimum Gasteiger partial charge on any atom is -0.374 e. The van der Waals surface area contributed by atoms with Crippen LogP contribution in [0.2, 0.25) is 0 Å². The lowest BCUT2D eigenvalue weighted by Gasteiger charge is -2.41. The number of nitrogens with one attached hydrogen (secondary N) is 1. The van der Waals surface area contributed by atoms with Gasteiger partial charge in [-0.1, -0.05) is 39.5 Å². The fourth-order valence-corrected chi connectivity index (χ4v) is 3.28. The van der Waals surface area contributed by atoms with Crippen molar-refractivity contribution in [1.29, 1.82) is 0 Å². The van der Waals surface area contributed by atoms with E-state index >= 15 is 0 Å². The maximum atomic E-state index is 6.09. The molecule has 1 fully saturated rings. The van der Waals surface area contributed by atoms with Crippen molar-refractivity contribution in [3.63, 3.8) is 0 Å². The van der Waals surface area contributed by atoms with Gasteiger partial charge in [-0.25, -0.2) is 0 Å². The van der Waals surface area contributed by atoms with Crippen molar-refractivity contribution in [3.05, 3.63) is 0 Å². The highest BCUT2D eigenvalue weighted by Crippen LogP contribution is 2.39. The zero-order chi connectivity index (χ0) is 12.0. The van der Waals surface area contributed by atoms with Gasteiger partial charge >= 0.3 is 0 Å². The molecule has 1 saturated carbocycles. The highest BCUT2D eigenvalue weighted by atomic mass is 16.5. The summed E-state index contributed by atoms with van der Waals surface area (Å²) in [6, 6.07) is 0.310.